The average molecular weight is 383 g/mol. The maximum Gasteiger partial charge on any atom is 0.339 e. The van der Waals surface area contributed by atoms with Crippen LogP contribution in [-0.2, 0) is 11.2 Å². The first-order chi connectivity index (χ1) is 13.0. The Morgan fingerprint density at radius 3 is 2.74 bits per heavy atom. The predicted octanol–water partition coefficient (Wildman–Crippen LogP) is 3.89. The van der Waals surface area contributed by atoms with Crippen LogP contribution in [-0.4, -0.2) is 16.1 Å². The summed E-state index contributed by atoms with van der Waals surface area (Å²) in [5.74, 6) is -0.219. The molecule has 0 saturated carbocycles. The van der Waals surface area contributed by atoms with Crippen LogP contribution in [0.25, 0.3) is 21.9 Å². The van der Waals surface area contributed by atoms with E-state index in [9.17, 15) is 9.59 Å². The average Bonchev–Trinajstić information content (AvgIpc) is 3.26. The lowest BCUT2D eigenvalue weighted by Crippen LogP contribution is -2.16. The highest BCUT2D eigenvalue weighted by atomic mass is 32.1. The van der Waals surface area contributed by atoms with Crippen LogP contribution in [0, 0.1) is 20.8 Å². The fourth-order valence-corrected chi connectivity index (χ4v) is 3.72. The molecular formula is C19H17N3O4S. The molecule has 8 heteroatoms. The Balaban J connectivity index is 1.70. The largest absolute Gasteiger partial charge is 0.464 e. The molecule has 0 fully saturated rings. The van der Waals surface area contributed by atoms with Gasteiger partial charge in [-0.1, -0.05) is 11.3 Å². The molecule has 0 unspecified atom stereocenters. The molecule has 1 amide bonds. The lowest BCUT2D eigenvalue weighted by Gasteiger charge is -2.10. The second-order valence-corrected chi connectivity index (χ2v) is 7.29. The summed E-state index contributed by atoms with van der Waals surface area (Å²) in [5, 5.41) is 12.4. The van der Waals surface area contributed by atoms with Crippen molar-refractivity contribution in [3.05, 3.63) is 50.5 Å². The van der Waals surface area contributed by atoms with Crippen molar-refractivity contribution in [2.45, 2.75) is 33.6 Å². The third-order valence-electron chi connectivity index (χ3n) is 4.74. The lowest BCUT2D eigenvalue weighted by atomic mass is 9.98. The normalized spacial score (nSPS) is 11.4. The molecule has 4 rings (SSSR count). The third kappa shape index (κ3) is 3.02. The smallest absolute Gasteiger partial charge is 0.339 e. The van der Waals surface area contributed by atoms with E-state index < -0.39 is 5.63 Å². The van der Waals surface area contributed by atoms with Gasteiger partial charge in [0.2, 0.25) is 11.0 Å². The van der Waals surface area contributed by atoms with Crippen molar-refractivity contribution in [2.24, 2.45) is 0 Å². The van der Waals surface area contributed by atoms with Crippen molar-refractivity contribution in [3.8, 4) is 0 Å². The number of anilines is 1. The van der Waals surface area contributed by atoms with E-state index in [0.717, 1.165) is 33.0 Å². The van der Waals surface area contributed by atoms with Gasteiger partial charge < -0.3 is 14.2 Å². The van der Waals surface area contributed by atoms with Gasteiger partial charge in [-0.05, 0) is 44.4 Å². The Bertz CT molecular complexity index is 1220. The maximum atomic E-state index is 12.5. The molecule has 1 aromatic carbocycles. The predicted molar refractivity (Wildman–Crippen MR) is 103 cm³/mol. The van der Waals surface area contributed by atoms with E-state index >= 15 is 0 Å². The van der Waals surface area contributed by atoms with Crippen molar-refractivity contribution in [1.82, 2.24) is 10.2 Å². The summed E-state index contributed by atoms with van der Waals surface area (Å²) >= 11 is 1.24. The Morgan fingerprint density at radius 1 is 1.19 bits per heavy atom. The lowest BCUT2D eigenvalue weighted by molar-refractivity contribution is -0.116. The van der Waals surface area contributed by atoms with Gasteiger partial charge in [0.05, 0.1) is 6.26 Å². The molecule has 0 radical (unpaired) electrons. The zero-order chi connectivity index (χ0) is 19.1. The summed E-state index contributed by atoms with van der Waals surface area (Å²) in [7, 11) is 0. The topological polar surface area (TPSA) is 98.2 Å². The van der Waals surface area contributed by atoms with Crippen molar-refractivity contribution >= 4 is 44.3 Å². The van der Waals surface area contributed by atoms with Crippen LogP contribution in [0.3, 0.4) is 0 Å². The molecule has 0 aliphatic rings. The number of nitrogens with zero attached hydrogens (tertiary/aromatic N) is 2. The van der Waals surface area contributed by atoms with Gasteiger partial charge in [0.1, 0.15) is 16.7 Å². The number of aromatic nitrogens is 2. The van der Waals surface area contributed by atoms with Gasteiger partial charge in [-0.25, -0.2) is 4.79 Å². The molecule has 1 N–H and O–H groups in total. The van der Waals surface area contributed by atoms with Crippen molar-refractivity contribution in [1.29, 1.82) is 0 Å². The van der Waals surface area contributed by atoms with E-state index in [2.05, 4.69) is 15.5 Å². The van der Waals surface area contributed by atoms with E-state index in [1.165, 1.54) is 11.3 Å². The first kappa shape index (κ1) is 17.4. The van der Waals surface area contributed by atoms with E-state index in [0.29, 0.717) is 16.3 Å². The SMILES string of the molecule is Cc1coc2c(C)c3oc(=O)c(CCC(=O)Nc4nncs4)c(C)c3cc12. The summed E-state index contributed by atoms with van der Waals surface area (Å²) in [6.45, 7) is 5.74. The van der Waals surface area contributed by atoms with E-state index in [1.54, 1.807) is 11.8 Å². The fraction of sp³-hybridized carbons (Fsp3) is 0.263. The zero-order valence-electron chi connectivity index (χ0n) is 15.1. The Kier molecular flexibility index (Phi) is 4.27. The molecule has 0 aliphatic carbocycles. The van der Waals surface area contributed by atoms with Crippen molar-refractivity contribution in [2.75, 3.05) is 5.32 Å². The molecule has 0 bridgehead atoms. The molecule has 0 spiro atoms. The quantitative estimate of drug-likeness (QED) is 0.537. The van der Waals surface area contributed by atoms with Crippen LogP contribution in [0.15, 0.2) is 31.5 Å². The number of aryl methyl sites for hydroxylation is 3. The highest BCUT2D eigenvalue weighted by Crippen LogP contribution is 2.32. The first-order valence-corrected chi connectivity index (χ1v) is 9.33. The summed E-state index contributed by atoms with van der Waals surface area (Å²) in [4.78, 5) is 24.6. The summed E-state index contributed by atoms with van der Waals surface area (Å²) in [6, 6.07) is 1.99. The third-order valence-corrected chi connectivity index (χ3v) is 5.35. The van der Waals surface area contributed by atoms with Gasteiger partial charge in [0.25, 0.3) is 0 Å². The van der Waals surface area contributed by atoms with E-state index in [4.69, 9.17) is 8.83 Å². The minimum Gasteiger partial charge on any atom is -0.464 e. The minimum atomic E-state index is -0.422. The Labute approximate surface area is 158 Å². The molecule has 27 heavy (non-hydrogen) atoms. The number of carbonyl (C=O) groups excluding carboxylic acids is 1. The minimum absolute atomic E-state index is 0.155. The highest BCUT2D eigenvalue weighted by molar-refractivity contribution is 7.13. The number of nitrogens with one attached hydrogen (secondary N) is 1. The molecule has 4 aromatic rings. The Morgan fingerprint density at radius 2 is 2.00 bits per heavy atom. The van der Waals surface area contributed by atoms with Gasteiger partial charge in [-0.3, -0.25) is 4.79 Å². The van der Waals surface area contributed by atoms with Crippen molar-refractivity contribution in [3.63, 3.8) is 0 Å². The van der Waals surface area contributed by atoms with Crippen LogP contribution in [0.1, 0.15) is 28.7 Å². The fourth-order valence-electron chi connectivity index (χ4n) is 3.26. The number of fused-ring (bicyclic) bond motifs is 2. The van der Waals surface area contributed by atoms with Gasteiger partial charge >= 0.3 is 5.63 Å². The molecule has 3 heterocycles. The van der Waals surface area contributed by atoms with Crippen molar-refractivity contribution < 1.29 is 13.6 Å². The number of carbonyl (C=O) groups is 1. The van der Waals surface area contributed by atoms with E-state index in [1.807, 2.05) is 26.8 Å². The molecule has 0 atom stereocenters. The van der Waals surface area contributed by atoms with Gasteiger partial charge in [0, 0.05) is 28.3 Å². The monoisotopic (exact) mass is 383 g/mol. The maximum absolute atomic E-state index is 12.5. The van der Waals surface area contributed by atoms with Gasteiger partial charge in [0.15, 0.2) is 0 Å². The number of benzene rings is 1. The van der Waals surface area contributed by atoms with Crippen LogP contribution in [0.5, 0.6) is 0 Å². The van der Waals surface area contributed by atoms with Gasteiger partial charge in [-0.15, -0.1) is 10.2 Å². The number of amides is 1. The molecular weight excluding hydrogens is 366 g/mol. The second kappa shape index (κ2) is 6.62. The molecule has 3 aromatic heterocycles. The number of hydrogen-bond acceptors (Lipinski definition) is 7. The standard InChI is InChI=1S/C19H17N3O4S/c1-9-7-25-16-11(3)17-14(6-13(9)16)10(2)12(18(24)26-17)4-5-15(23)21-19-22-20-8-27-19/h6-8H,4-5H2,1-3H3,(H,21,22,23). The summed E-state index contributed by atoms with van der Waals surface area (Å²) in [5.41, 5.74) is 5.54. The summed E-state index contributed by atoms with van der Waals surface area (Å²) in [6.07, 6.45) is 2.14. The van der Waals surface area contributed by atoms with Crippen LogP contribution >= 0.6 is 11.3 Å². The highest BCUT2D eigenvalue weighted by Gasteiger charge is 2.18. The van der Waals surface area contributed by atoms with Crippen LogP contribution in [0.2, 0.25) is 0 Å². The number of rotatable bonds is 4. The molecule has 7 nitrogen and oxygen atoms in total. The Hall–Kier alpha value is -3.00. The first-order valence-electron chi connectivity index (χ1n) is 8.45. The molecule has 138 valence electrons. The molecule has 0 saturated heterocycles. The van der Waals surface area contributed by atoms with Crippen LogP contribution in [0.4, 0.5) is 5.13 Å². The van der Waals surface area contributed by atoms with Crippen LogP contribution < -0.4 is 10.9 Å². The number of furan rings is 1. The van der Waals surface area contributed by atoms with Gasteiger partial charge in [-0.2, -0.15) is 0 Å². The van der Waals surface area contributed by atoms with E-state index in [-0.39, 0.29) is 18.7 Å². The summed E-state index contributed by atoms with van der Waals surface area (Å²) < 4.78 is 11.2. The molecule has 0 aliphatic heterocycles. The zero-order valence-corrected chi connectivity index (χ0v) is 15.9. The second-order valence-electron chi connectivity index (χ2n) is 6.46. The number of hydrogen-bond donors (Lipinski definition) is 1.